The summed E-state index contributed by atoms with van der Waals surface area (Å²) < 4.78 is 13.2. The Bertz CT molecular complexity index is 349. The molecule has 0 bridgehead atoms. The summed E-state index contributed by atoms with van der Waals surface area (Å²) in [5, 5.41) is 0. The highest BCUT2D eigenvalue weighted by Crippen LogP contribution is 2.34. The molecule has 1 aromatic rings. The van der Waals surface area contributed by atoms with E-state index in [1.165, 1.54) is 12.1 Å². The Hall–Kier alpha value is -1.09. The van der Waals surface area contributed by atoms with Gasteiger partial charge in [0.1, 0.15) is 5.82 Å². The molecule has 0 saturated heterocycles. The van der Waals surface area contributed by atoms with E-state index < -0.39 is 0 Å². The van der Waals surface area contributed by atoms with Crippen LogP contribution in [0.1, 0.15) is 26.3 Å². The van der Waals surface area contributed by atoms with E-state index in [9.17, 15) is 4.39 Å². The molecule has 0 aliphatic heterocycles. The van der Waals surface area contributed by atoms with Crippen LogP contribution in [-0.4, -0.2) is 6.54 Å². The lowest BCUT2D eigenvalue weighted by Gasteiger charge is -2.34. The summed E-state index contributed by atoms with van der Waals surface area (Å²) in [6, 6.07) is 4.46. The normalized spacial score (nSPS) is 15.3. The molecule has 0 spiro atoms. The Kier molecular flexibility index (Phi) is 3.35. The predicted molar refractivity (Wildman–Crippen MR) is 62.1 cm³/mol. The van der Waals surface area contributed by atoms with Gasteiger partial charge in [0.25, 0.3) is 0 Å². The van der Waals surface area contributed by atoms with Gasteiger partial charge in [-0.15, -0.1) is 0 Å². The summed E-state index contributed by atoms with van der Waals surface area (Å²) in [7, 11) is 0. The van der Waals surface area contributed by atoms with Gasteiger partial charge in [-0.3, -0.25) is 0 Å². The fraction of sp³-hybridized carbons (Fsp3) is 0.500. The van der Waals surface area contributed by atoms with Crippen LogP contribution in [0.25, 0.3) is 0 Å². The number of halogens is 1. The number of rotatable bonds is 3. The van der Waals surface area contributed by atoms with Crippen LogP contribution in [0.3, 0.4) is 0 Å². The summed E-state index contributed by atoms with van der Waals surface area (Å²) in [6.45, 7) is 6.61. The van der Waals surface area contributed by atoms with Crippen LogP contribution in [0.15, 0.2) is 18.2 Å². The average Bonchev–Trinajstić information content (AvgIpc) is 2.20. The van der Waals surface area contributed by atoms with Crippen LogP contribution in [0.2, 0.25) is 0 Å². The summed E-state index contributed by atoms with van der Waals surface area (Å²) >= 11 is 0. The molecule has 1 aromatic carbocycles. The number of hydrogen-bond donors (Lipinski definition) is 2. The largest absolute Gasteiger partial charge is 0.398 e. The van der Waals surface area contributed by atoms with Gasteiger partial charge in [-0.2, -0.15) is 0 Å². The summed E-state index contributed by atoms with van der Waals surface area (Å²) in [4.78, 5) is 0. The van der Waals surface area contributed by atoms with E-state index in [2.05, 4.69) is 13.8 Å². The Labute approximate surface area is 90.5 Å². The molecular weight excluding hydrogens is 191 g/mol. The van der Waals surface area contributed by atoms with Crippen molar-refractivity contribution in [3.63, 3.8) is 0 Å². The lowest BCUT2D eigenvalue weighted by atomic mass is 9.73. The van der Waals surface area contributed by atoms with Crippen molar-refractivity contribution < 1.29 is 4.39 Å². The summed E-state index contributed by atoms with van der Waals surface area (Å²) in [5.74, 6) is 0.0473. The summed E-state index contributed by atoms with van der Waals surface area (Å²) in [5.41, 5.74) is 12.8. The molecule has 0 saturated carbocycles. The van der Waals surface area contributed by atoms with Crippen molar-refractivity contribution in [2.75, 3.05) is 12.3 Å². The molecule has 3 heteroatoms. The molecule has 84 valence electrons. The first-order valence-corrected chi connectivity index (χ1v) is 5.17. The van der Waals surface area contributed by atoms with Gasteiger partial charge in [-0.1, -0.05) is 20.8 Å². The van der Waals surface area contributed by atoms with Gasteiger partial charge < -0.3 is 11.5 Å². The zero-order chi connectivity index (χ0) is 11.6. The van der Waals surface area contributed by atoms with Crippen molar-refractivity contribution in [2.24, 2.45) is 11.7 Å². The number of nitrogen functional groups attached to an aromatic ring is 1. The molecule has 0 aliphatic carbocycles. The maximum Gasteiger partial charge on any atom is 0.123 e. The quantitative estimate of drug-likeness (QED) is 0.752. The van der Waals surface area contributed by atoms with Crippen molar-refractivity contribution in [3.05, 3.63) is 29.6 Å². The molecule has 0 amide bonds. The van der Waals surface area contributed by atoms with Gasteiger partial charge in [-0.05, 0) is 29.7 Å². The van der Waals surface area contributed by atoms with Gasteiger partial charge in [0, 0.05) is 17.6 Å². The summed E-state index contributed by atoms with van der Waals surface area (Å²) in [6.07, 6.45) is 0. The molecule has 15 heavy (non-hydrogen) atoms. The van der Waals surface area contributed by atoms with Crippen LogP contribution in [-0.2, 0) is 5.41 Å². The Morgan fingerprint density at radius 3 is 2.47 bits per heavy atom. The van der Waals surface area contributed by atoms with E-state index in [4.69, 9.17) is 11.5 Å². The van der Waals surface area contributed by atoms with Crippen LogP contribution < -0.4 is 11.5 Å². The van der Waals surface area contributed by atoms with Crippen molar-refractivity contribution >= 4 is 5.69 Å². The standard InChI is InChI=1S/C12H19FN2/c1-8(2)12(3,7-14)10-6-9(13)4-5-11(10)15/h4-6,8H,7,14-15H2,1-3H3. The second kappa shape index (κ2) is 4.19. The van der Waals surface area contributed by atoms with E-state index in [-0.39, 0.29) is 11.2 Å². The monoisotopic (exact) mass is 210 g/mol. The Morgan fingerprint density at radius 1 is 1.40 bits per heavy atom. The third-order valence-corrected chi connectivity index (χ3v) is 3.33. The predicted octanol–water partition coefficient (Wildman–Crippen LogP) is 2.28. The van der Waals surface area contributed by atoms with Crippen LogP contribution >= 0.6 is 0 Å². The Balaban J connectivity index is 3.29. The van der Waals surface area contributed by atoms with Gasteiger partial charge in [0.05, 0.1) is 0 Å². The highest BCUT2D eigenvalue weighted by atomic mass is 19.1. The van der Waals surface area contributed by atoms with E-state index in [1.54, 1.807) is 6.07 Å². The minimum atomic E-state index is -0.272. The van der Waals surface area contributed by atoms with Crippen molar-refractivity contribution in [1.29, 1.82) is 0 Å². The van der Waals surface area contributed by atoms with Gasteiger partial charge in [-0.25, -0.2) is 4.39 Å². The van der Waals surface area contributed by atoms with Crippen molar-refractivity contribution in [3.8, 4) is 0 Å². The molecule has 1 rings (SSSR count). The molecule has 1 atom stereocenters. The third-order valence-electron chi connectivity index (χ3n) is 3.33. The highest BCUT2D eigenvalue weighted by molar-refractivity contribution is 5.51. The fourth-order valence-electron chi connectivity index (χ4n) is 1.68. The van der Waals surface area contributed by atoms with Crippen LogP contribution in [0.4, 0.5) is 10.1 Å². The zero-order valence-electron chi connectivity index (χ0n) is 9.55. The highest BCUT2D eigenvalue weighted by Gasteiger charge is 2.30. The lowest BCUT2D eigenvalue weighted by Crippen LogP contribution is -2.37. The van der Waals surface area contributed by atoms with Crippen molar-refractivity contribution in [1.82, 2.24) is 0 Å². The lowest BCUT2D eigenvalue weighted by molar-refractivity contribution is 0.347. The van der Waals surface area contributed by atoms with E-state index in [0.717, 1.165) is 5.56 Å². The number of hydrogen-bond acceptors (Lipinski definition) is 2. The van der Waals surface area contributed by atoms with E-state index in [1.807, 2.05) is 6.92 Å². The molecular formula is C12H19FN2. The molecule has 0 aliphatic rings. The smallest absolute Gasteiger partial charge is 0.123 e. The number of nitrogens with two attached hydrogens (primary N) is 2. The fourth-order valence-corrected chi connectivity index (χ4v) is 1.68. The van der Waals surface area contributed by atoms with Crippen molar-refractivity contribution in [2.45, 2.75) is 26.2 Å². The Morgan fingerprint density at radius 2 is 2.00 bits per heavy atom. The number of benzene rings is 1. The molecule has 0 heterocycles. The molecule has 4 N–H and O–H groups in total. The minimum Gasteiger partial charge on any atom is -0.398 e. The zero-order valence-corrected chi connectivity index (χ0v) is 9.55. The minimum absolute atomic E-state index is 0.264. The second-order valence-corrected chi connectivity index (χ2v) is 4.51. The third kappa shape index (κ3) is 2.12. The maximum atomic E-state index is 13.2. The first-order valence-electron chi connectivity index (χ1n) is 5.17. The number of anilines is 1. The molecule has 2 nitrogen and oxygen atoms in total. The van der Waals surface area contributed by atoms with Gasteiger partial charge >= 0.3 is 0 Å². The molecule has 0 radical (unpaired) electrons. The topological polar surface area (TPSA) is 52.0 Å². The second-order valence-electron chi connectivity index (χ2n) is 4.51. The van der Waals surface area contributed by atoms with Gasteiger partial charge in [0.15, 0.2) is 0 Å². The maximum absolute atomic E-state index is 13.2. The first-order chi connectivity index (χ1) is 6.91. The van der Waals surface area contributed by atoms with Gasteiger partial charge in [0.2, 0.25) is 0 Å². The SMILES string of the molecule is CC(C)C(C)(CN)c1cc(F)ccc1N. The molecule has 0 aromatic heterocycles. The van der Waals surface area contributed by atoms with E-state index >= 15 is 0 Å². The van der Waals surface area contributed by atoms with Crippen LogP contribution in [0, 0.1) is 11.7 Å². The first kappa shape index (κ1) is 12.0. The molecule has 0 fully saturated rings. The molecule has 1 unspecified atom stereocenters. The van der Waals surface area contributed by atoms with E-state index in [0.29, 0.717) is 18.2 Å². The van der Waals surface area contributed by atoms with Crippen LogP contribution in [0.5, 0.6) is 0 Å². The average molecular weight is 210 g/mol.